The number of carbonyl (C=O) groups is 5. The minimum Gasteiger partial charge on any atom is -0.481 e. The lowest BCUT2D eigenvalue weighted by molar-refractivity contribution is -0.144. The van der Waals surface area contributed by atoms with Crippen LogP contribution in [0.2, 0.25) is 0 Å². The van der Waals surface area contributed by atoms with Gasteiger partial charge in [-0.1, -0.05) is 27.7 Å². The van der Waals surface area contributed by atoms with Gasteiger partial charge in [-0.2, -0.15) is 12.6 Å². The van der Waals surface area contributed by atoms with Gasteiger partial charge >= 0.3 is 11.9 Å². The van der Waals surface area contributed by atoms with E-state index in [0.717, 1.165) is 0 Å². The number of nitrogens with two attached hydrogens (primary N) is 1. The maximum absolute atomic E-state index is 12.6. The minimum absolute atomic E-state index is 0.0978. The zero-order valence-electron chi connectivity index (χ0n) is 17.5. The summed E-state index contributed by atoms with van der Waals surface area (Å²) in [5, 5.41) is 25.2. The van der Waals surface area contributed by atoms with Gasteiger partial charge in [0.25, 0.3) is 0 Å². The summed E-state index contributed by atoms with van der Waals surface area (Å²) in [6.45, 7) is 6.63. The van der Waals surface area contributed by atoms with Gasteiger partial charge in [-0.15, -0.1) is 0 Å². The van der Waals surface area contributed by atoms with Crippen molar-refractivity contribution >= 4 is 42.3 Å². The molecule has 0 aliphatic carbocycles. The van der Waals surface area contributed by atoms with Crippen LogP contribution in [0.3, 0.4) is 0 Å². The first-order chi connectivity index (χ1) is 13.8. The highest BCUT2D eigenvalue weighted by Crippen LogP contribution is 2.07. The maximum Gasteiger partial charge on any atom is 0.326 e. The van der Waals surface area contributed by atoms with Crippen LogP contribution in [0.1, 0.15) is 40.5 Å². The van der Waals surface area contributed by atoms with Gasteiger partial charge in [0.05, 0.1) is 6.04 Å². The molecule has 12 heteroatoms. The Morgan fingerprint density at radius 3 is 1.73 bits per heavy atom. The second-order valence-corrected chi connectivity index (χ2v) is 7.95. The van der Waals surface area contributed by atoms with Gasteiger partial charge in [-0.3, -0.25) is 19.2 Å². The van der Waals surface area contributed by atoms with Crippen molar-refractivity contribution in [2.24, 2.45) is 17.6 Å². The average Bonchev–Trinajstić information content (AvgIpc) is 2.64. The van der Waals surface area contributed by atoms with Crippen LogP contribution in [-0.4, -0.2) is 69.8 Å². The van der Waals surface area contributed by atoms with Crippen LogP contribution in [0.15, 0.2) is 0 Å². The fourth-order valence-corrected chi connectivity index (χ4v) is 2.69. The van der Waals surface area contributed by atoms with Crippen LogP contribution in [0.4, 0.5) is 0 Å². The summed E-state index contributed by atoms with van der Waals surface area (Å²) in [5.74, 6) is -5.22. The van der Waals surface area contributed by atoms with Crippen LogP contribution in [0.25, 0.3) is 0 Å². The third-order valence-corrected chi connectivity index (χ3v) is 4.66. The monoisotopic (exact) mass is 448 g/mol. The molecule has 0 spiro atoms. The fraction of sp³-hybridized carbons (Fsp3) is 0.722. The van der Waals surface area contributed by atoms with Gasteiger partial charge < -0.3 is 31.9 Å². The van der Waals surface area contributed by atoms with E-state index in [1.54, 1.807) is 27.7 Å². The van der Waals surface area contributed by atoms with E-state index in [4.69, 9.17) is 10.8 Å². The van der Waals surface area contributed by atoms with Crippen LogP contribution in [-0.2, 0) is 24.0 Å². The van der Waals surface area contributed by atoms with Gasteiger partial charge in [-0.25, -0.2) is 4.79 Å². The van der Waals surface area contributed by atoms with Crippen molar-refractivity contribution in [3.05, 3.63) is 0 Å². The van der Waals surface area contributed by atoms with Crippen LogP contribution >= 0.6 is 12.6 Å². The molecule has 0 bridgehead atoms. The van der Waals surface area contributed by atoms with Crippen LogP contribution < -0.4 is 21.7 Å². The number of carboxylic acid groups (broad SMARTS) is 2. The predicted molar refractivity (Wildman–Crippen MR) is 112 cm³/mol. The summed E-state index contributed by atoms with van der Waals surface area (Å²) >= 11 is 4.03. The Morgan fingerprint density at radius 2 is 1.33 bits per heavy atom. The molecular formula is C18H32N4O7S. The number of aliphatic carboxylic acids is 2. The molecule has 7 N–H and O–H groups in total. The summed E-state index contributed by atoms with van der Waals surface area (Å²) < 4.78 is 0. The summed E-state index contributed by atoms with van der Waals surface area (Å²) in [4.78, 5) is 59.1. The Bertz CT molecular complexity index is 642. The minimum atomic E-state index is -1.19. The number of hydrogen-bond acceptors (Lipinski definition) is 7. The number of rotatable bonds is 13. The van der Waals surface area contributed by atoms with Gasteiger partial charge in [-0.05, 0) is 18.3 Å². The Morgan fingerprint density at radius 1 is 0.833 bits per heavy atom. The van der Waals surface area contributed by atoms with E-state index < -0.39 is 53.8 Å². The number of amides is 3. The van der Waals surface area contributed by atoms with Crippen molar-refractivity contribution in [1.29, 1.82) is 0 Å². The van der Waals surface area contributed by atoms with Crippen molar-refractivity contribution < 1.29 is 34.2 Å². The quantitative estimate of drug-likeness (QED) is 0.174. The Balaban J connectivity index is 5.13. The average molecular weight is 449 g/mol. The Labute approximate surface area is 180 Å². The molecule has 0 aromatic carbocycles. The SMILES string of the molecule is CC(C)C(NC(=O)C(NC(=O)C(CS)NC(=O)C(N)CCC(=O)O)C(C)C)C(=O)O. The second-order valence-electron chi connectivity index (χ2n) is 7.58. The summed E-state index contributed by atoms with van der Waals surface area (Å²) in [5.41, 5.74) is 5.63. The van der Waals surface area contributed by atoms with Gasteiger partial charge in [0.1, 0.15) is 18.1 Å². The first-order valence-electron chi connectivity index (χ1n) is 9.53. The molecular weight excluding hydrogens is 416 g/mol. The third-order valence-electron chi connectivity index (χ3n) is 4.30. The molecule has 3 amide bonds. The van der Waals surface area contributed by atoms with E-state index in [1.807, 2.05) is 0 Å². The zero-order valence-corrected chi connectivity index (χ0v) is 18.4. The Kier molecular flexibility index (Phi) is 12.0. The molecule has 0 aliphatic heterocycles. The normalized spacial score (nSPS) is 15.1. The molecule has 30 heavy (non-hydrogen) atoms. The number of thiol groups is 1. The highest BCUT2D eigenvalue weighted by Gasteiger charge is 2.32. The maximum atomic E-state index is 12.6. The van der Waals surface area contributed by atoms with Gasteiger partial charge in [0.2, 0.25) is 17.7 Å². The van der Waals surface area contributed by atoms with Crippen LogP contribution in [0, 0.1) is 11.8 Å². The van der Waals surface area contributed by atoms with Gasteiger partial charge in [0, 0.05) is 12.2 Å². The van der Waals surface area contributed by atoms with E-state index in [9.17, 15) is 29.1 Å². The molecule has 0 heterocycles. The lowest BCUT2D eigenvalue weighted by Gasteiger charge is -2.27. The molecule has 0 aliphatic rings. The molecule has 0 rings (SSSR count). The summed E-state index contributed by atoms with van der Waals surface area (Å²) in [6, 6.07) is -4.41. The Hall–Kier alpha value is -2.34. The molecule has 172 valence electrons. The van der Waals surface area contributed by atoms with Crippen molar-refractivity contribution in [3.8, 4) is 0 Å². The van der Waals surface area contributed by atoms with Crippen molar-refractivity contribution in [1.82, 2.24) is 16.0 Å². The fourth-order valence-electron chi connectivity index (χ4n) is 2.43. The standard InChI is InChI=1S/C18H32N4O7S/c1-8(2)13(17(27)22-14(9(3)4)18(28)29)21-16(26)11(7-30)20-15(25)10(19)5-6-12(23)24/h8-11,13-14,30H,5-7,19H2,1-4H3,(H,20,25)(H,21,26)(H,22,27)(H,23,24)(H,28,29). The second kappa shape index (κ2) is 13.1. The summed E-state index contributed by atoms with van der Waals surface area (Å²) in [7, 11) is 0. The highest BCUT2D eigenvalue weighted by molar-refractivity contribution is 7.80. The van der Waals surface area contributed by atoms with E-state index in [0.29, 0.717) is 0 Å². The van der Waals surface area contributed by atoms with Crippen LogP contribution in [0.5, 0.6) is 0 Å². The lowest BCUT2D eigenvalue weighted by atomic mass is 10.00. The number of carboxylic acids is 2. The molecule has 0 radical (unpaired) electrons. The van der Waals surface area contributed by atoms with E-state index in [2.05, 4.69) is 28.6 Å². The topological polar surface area (TPSA) is 188 Å². The highest BCUT2D eigenvalue weighted by atomic mass is 32.1. The van der Waals surface area contributed by atoms with E-state index in [-0.39, 0.29) is 30.4 Å². The number of hydrogen-bond donors (Lipinski definition) is 7. The lowest BCUT2D eigenvalue weighted by Crippen LogP contribution is -2.59. The zero-order chi connectivity index (χ0) is 23.6. The molecule has 0 aromatic heterocycles. The van der Waals surface area contributed by atoms with Gasteiger partial charge in [0.15, 0.2) is 0 Å². The number of carbonyl (C=O) groups excluding carboxylic acids is 3. The third kappa shape index (κ3) is 9.44. The molecule has 4 atom stereocenters. The molecule has 0 fully saturated rings. The largest absolute Gasteiger partial charge is 0.481 e. The van der Waals surface area contributed by atoms with E-state index >= 15 is 0 Å². The molecule has 11 nitrogen and oxygen atoms in total. The first-order valence-corrected chi connectivity index (χ1v) is 10.2. The first kappa shape index (κ1) is 27.7. The van der Waals surface area contributed by atoms with E-state index in [1.165, 1.54) is 0 Å². The molecule has 0 saturated heterocycles. The predicted octanol–water partition coefficient (Wildman–Crippen LogP) is -1.04. The van der Waals surface area contributed by atoms with Crippen molar-refractivity contribution in [3.63, 3.8) is 0 Å². The number of nitrogens with one attached hydrogen (secondary N) is 3. The molecule has 0 saturated carbocycles. The molecule has 4 unspecified atom stereocenters. The molecule has 0 aromatic rings. The smallest absolute Gasteiger partial charge is 0.326 e. The van der Waals surface area contributed by atoms with Crippen molar-refractivity contribution in [2.45, 2.75) is 64.7 Å². The van der Waals surface area contributed by atoms with Crippen molar-refractivity contribution in [2.75, 3.05) is 5.75 Å². The summed E-state index contributed by atoms with van der Waals surface area (Å²) in [6.07, 6.45) is -0.409.